The summed E-state index contributed by atoms with van der Waals surface area (Å²) in [5, 5.41) is 3.92. The average Bonchev–Trinajstić information content (AvgIpc) is 3.31. The predicted octanol–water partition coefficient (Wildman–Crippen LogP) is 1.88. The third kappa shape index (κ3) is 3.12. The van der Waals surface area contributed by atoms with Crippen molar-refractivity contribution in [2.24, 2.45) is 5.92 Å². The number of aromatic nitrogens is 2. The van der Waals surface area contributed by atoms with Gasteiger partial charge in [-0.25, -0.2) is 0 Å². The number of benzene rings is 1. The molecule has 0 unspecified atom stereocenters. The highest BCUT2D eigenvalue weighted by atomic mass is 16.5. The van der Waals surface area contributed by atoms with Gasteiger partial charge in [0.15, 0.2) is 0 Å². The number of carbonyl (C=O) groups is 1. The topological polar surface area (TPSA) is 77.7 Å². The van der Waals surface area contributed by atoms with E-state index < -0.39 is 0 Å². The Morgan fingerprint density at radius 3 is 2.71 bits per heavy atom. The molecule has 2 aliphatic rings. The summed E-state index contributed by atoms with van der Waals surface area (Å²) in [4.78, 5) is 18.0. The highest BCUT2D eigenvalue weighted by Gasteiger charge is 2.39. The molecule has 7 heteroatoms. The van der Waals surface area contributed by atoms with Crippen LogP contribution in [0.5, 0.6) is 5.75 Å². The molecular formula is C17H19N3O4. The first kappa shape index (κ1) is 15.1. The fourth-order valence-electron chi connectivity index (χ4n) is 2.71. The van der Waals surface area contributed by atoms with E-state index in [4.69, 9.17) is 14.0 Å². The monoisotopic (exact) mass is 329 g/mol. The van der Waals surface area contributed by atoms with Crippen LogP contribution in [-0.2, 0) is 16.1 Å². The van der Waals surface area contributed by atoms with Crippen LogP contribution in [0.25, 0.3) is 11.4 Å². The normalized spacial score (nSPS) is 17.6. The van der Waals surface area contributed by atoms with Crippen LogP contribution in [0.15, 0.2) is 28.8 Å². The predicted molar refractivity (Wildman–Crippen MR) is 84.2 cm³/mol. The minimum atomic E-state index is 0.0806. The fourth-order valence-corrected chi connectivity index (χ4v) is 2.71. The zero-order valence-corrected chi connectivity index (χ0v) is 13.5. The van der Waals surface area contributed by atoms with E-state index in [0.717, 1.165) is 24.2 Å². The lowest BCUT2D eigenvalue weighted by Crippen LogP contribution is -2.56. The molecule has 4 rings (SSSR count). The number of amides is 1. The molecule has 1 aromatic carbocycles. The lowest BCUT2D eigenvalue weighted by molar-refractivity contribution is -0.141. The molecule has 0 radical (unpaired) electrons. The first-order chi connectivity index (χ1) is 11.7. The summed E-state index contributed by atoms with van der Waals surface area (Å²) in [6.45, 7) is 1.66. The molecule has 0 atom stereocenters. The van der Waals surface area contributed by atoms with E-state index in [9.17, 15) is 4.79 Å². The third-order valence-corrected chi connectivity index (χ3v) is 4.24. The number of rotatable bonds is 6. The number of likely N-dealkylation sites (tertiary alicyclic amines) is 1. The summed E-state index contributed by atoms with van der Waals surface area (Å²) >= 11 is 0. The molecule has 1 saturated carbocycles. The maximum Gasteiger partial charge on any atom is 0.252 e. The van der Waals surface area contributed by atoms with Gasteiger partial charge >= 0.3 is 0 Å². The SMILES string of the molecule is COCc1nc(-c2ccc(OC3CN(C(=O)C4CC4)C3)cc2)no1. The Balaban J connectivity index is 1.32. The number of hydrogen-bond acceptors (Lipinski definition) is 6. The summed E-state index contributed by atoms with van der Waals surface area (Å²) in [5.41, 5.74) is 0.854. The van der Waals surface area contributed by atoms with Crippen molar-refractivity contribution in [3.05, 3.63) is 30.2 Å². The highest BCUT2D eigenvalue weighted by molar-refractivity contribution is 5.81. The molecule has 1 amide bonds. The second-order valence-electron chi connectivity index (χ2n) is 6.23. The lowest BCUT2D eigenvalue weighted by Gasteiger charge is -2.39. The van der Waals surface area contributed by atoms with Gasteiger partial charge in [-0.05, 0) is 37.1 Å². The second-order valence-corrected chi connectivity index (χ2v) is 6.23. The van der Waals surface area contributed by atoms with E-state index in [1.54, 1.807) is 7.11 Å². The molecule has 0 spiro atoms. The largest absolute Gasteiger partial charge is 0.487 e. The van der Waals surface area contributed by atoms with Crippen molar-refractivity contribution < 1.29 is 18.8 Å². The van der Waals surface area contributed by atoms with Gasteiger partial charge in [-0.2, -0.15) is 4.98 Å². The minimum absolute atomic E-state index is 0.0806. The number of methoxy groups -OCH3 is 1. The van der Waals surface area contributed by atoms with Gasteiger partial charge in [0.1, 0.15) is 18.5 Å². The molecule has 2 heterocycles. The van der Waals surface area contributed by atoms with Gasteiger partial charge in [0, 0.05) is 18.6 Å². The van der Waals surface area contributed by atoms with Crippen molar-refractivity contribution in [3.8, 4) is 17.1 Å². The van der Waals surface area contributed by atoms with Gasteiger partial charge < -0.3 is 18.9 Å². The maximum absolute atomic E-state index is 11.9. The molecule has 0 N–H and O–H groups in total. The number of carbonyl (C=O) groups excluding carboxylic acids is 1. The minimum Gasteiger partial charge on any atom is -0.487 e. The van der Waals surface area contributed by atoms with Gasteiger partial charge in [-0.3, -0.25) is 4.79 Å². The summed E-state index contributed by atoms with van der Waals surface area (Å²) in [7, 11) is 1.58. The van der Waals surface area contributed by atoms with Crippen molar-refractivity contribution in [1.82, 2.24) is 15.0 Å². The summed E-state index contributed by atoms with van der Waals surface area (Å²) < 4.78 is 15.9. The third-order valence-electron chi connectivity index (χ3n) is 4.24. The van der Waals surface area contributed by atoms with Crippen LogP contribution in [0.4, 0.5) is 0 Å². The average molecular weight is 329 g/mol. The molecular weight excluding hydrogens is 310 g/mol. The van der Waals surface area contributed by atoms with Crippen molar-refractivity contribution in [3.63, 3.8) is 0 Å². The first-order valence-corrected chi connectivity index (χ1v) is 8.10. The van der Waals surface area contributed by atoms with Crippen molar-refractivity contribution >= 4 is 5.91 Å². The van der Waals surface area contributed by atoms with Crippen LogP contribution in [-0.4, -0.2) is 47.3 Å². The van der Waals surface area contributed by atoms with Crippen LogP contribution < -0.4 is 4.74 Å². The molecule has 2 fully saturated rings. The zero-order valence-electron chi connectivity index (χ0n) is 13.5. The van der Waals surface area contributed by atoms with Crippen molar-refractivity contribution in [2.45, 2.75) is 25.6 Å². The molecule has 1 saturated heterocycles. The van der Waals surface area contributed by atoms with Gasteiger partial charge in [0.2, 0.25) is 11.7 Å². The Morgan fingerprint density at radius 2 is 2.04 bits per heavy atom. The Morgan fingerprint density at radius 1 is 1.29 bits per heavy atom. The first-order valence-electron chi connectivity index (χ1n) is 8.10. The molecule has 1 aliphatic carbocycles. The van der Waals surface area contributed by atoms with Crippen molar-refractivity contribution in [1.29, 1.82) is 0 Å². The Labute approximate surface area is 139 Å². The zero-order chi connectivity index (χ0) is 16.5. The smallest absolute Gasteiger partial charge is 0.252 e. The lowest BCUT2D eigenvalue weighted by atomic mass is 10.1. The molecule has 7 nitrogen and oxygen atoms in total. The highest BCUT2D eigenvalue weighted by Crippen LogP contribution is 2.33. The summed E-state index contributed by atoms with van der Waals surface area (Å²) in [6, 6.07) is 7.55. The number of hydrogen-bond donors (Lipinski definition) is 0. The maximum atomic E-state index is 11.9. The van der Waals surface area contributed by atoms with Crippen LogP contribution in [0.3, 0.4) is 0 Å². The molecule has 0 bridgehead atoms. The molecule has 24 heavy (non-hydrogen) atoms. The van der Waals surface area contributed by atoms with E-state index in [1.165, 1.54) is 0 Å². The Kier molecular flexibility index (Phi) is 3.93. The van der Waals surface area contributed by atoms with Crippen LogP contribution in [0, 0.1) is 5.92 Å². The standard InChI is InChI=1S/C17H19N3O4/c1-22-10-15-18-16(19-24-15)11-4-6-13(7-5-11)23-14-8-20(9-14)17(21)12-2-3-12/h4-7,12,14H,2-3,8-10H2,1H3. The number of nitrogens with zero attached hydrogens (tertiary/aromatic N) is 3. The Bertz CT molecular complexity index is 718. The fraction of sp³-hybridized carbons (Fsp3) is 0.471. The molecule has 2 aromatic rings. The number of ether oxygens (including phenoxy) is 2. The van der Waals surface area contributed by atoms with Crippen LogP contribution in [0.1, 0.15) is 18.7 Å². The molecule has 126 valence electrons. The van der Waals surface area contributed by atoms with Crippen molar-refractivity contribution in [2.75, 3.05) is 20.2 Å². The van der Waals surface area contributed by atoms with E-state index >= 15 is 0 Å². The van der Waals surface area contributed by atoms with Crippen LogP contribution in [0.2, 0.25) is 0 Å². The van der Waals surface area contributed by atoms with Crippen LogP contribution >= 0.6 is 0 Å². The van der Waals surface area contributed by atoms with Gasteiger partial charge in [0.05, 0.1) is 13.1 Å². The van der Waals surface area contributed by atoms with Gasteiger partial charge in [-0.15, -0.1) is 0 Å². The molecule has 1 aromatic heterocycles. The van der Waals surface area contributed by atoms with Gasteiger partial charge in [0.25, 0.3) is 5.89 Å². The van der Waals surface area contributed by atoms with E-state index in [-0.39, 0.29) is 17.9 Å². The quantitative estimate of drug-likeness (QED) is 0.805. The van der Waals surface area contributed by atoms with Gasteiger partial charge in [-0.1, -0.05) is 5.16 Å². The van der Waals surface area contributed by atoms with E-state index in [1.807, 2.05) is 29.2 Å². The summed E-state index contributed by atoms with van der Waals surface area (Å²) in [6.07, 6.45) is 2.17. The van der Waals surface area contributed by atoms with E-state index in [2.05, 4.69) is 10.1 Å². The Hall–Kier alpha value is -2.41. The molecule has 1 aliphatic heterocycles. The second kappa shape index (κ2) is 6.24. The summed E-state index contributed by atoms with van der Waals surface area (Å²) in [5.74, 6) is 2.32. The van der Waals surface area contributed by atoms with E-state index in [0.29, 0.717) is 31.4 Å².